The van der Waals surface area contributed by atoms with Gasteiger partial charge < -0.3 is 0 Å². The van der Waals surface area contributed by atoms with Crippen LogP contribution in [0.15, 0.2) is 30.6 Å². The standard InChI is InChI=1S/C10H7F4N3/c11-9-2-1-7(5-15-9)6-17-4-3-8(16-17)10(12,13)14/h1-5H,6H2. The highest BCUT2D eigenvalue weighted by molar-refractivity contribution is 5.11. The molecule has 0 radical (unpaired) electrons. The smallest absolute Gasteiger partial charge is 0.268 e. The first-order chi connectivity index (χ1) is 7.95. The second-order valence-electron chi connectivity index (χ2n) is 3.39. The van der Waals surface area contributed by atoms with Gasteiger partial charge in [-0.15, -0.1) is 0 Å². The van der Waals surface area contributed by atoms with Crippen molar-refractivity contribution < 1.29 is 17.6 Å². The fourth-order valence-corrected chi connectivity index (χ4v) is 1.29. The Morgan fingerprint density at radius 1 is 1.18 bits per heavy atom. The topological polar surface area (TPSA) is 30.7 Å². The van der Waals surface area contributed by atoms with Crippen LogP contribution in [0.2, 0.25) is 0 Å². The van der Waals surface area contributed by atoms with Gasteiger partial charge in [-0.2, -0.15) is 22.7 Å². The molecular weight excluding hydrogens is 238 g/mol. The zero-order valence-corrected chi connectivity index (χ0v) is 8.45. The average molecular weight is 245 g/mol. The SMILES string of the molecule is Fc1ccc(Cn2ccc(C(F)(F)F)n2)cn1. The van der Waals surface area contributed by atoms with Crippen LogP contribution in [0.25, 0.3) is 0 Å². The Hall–Kier alpha value is -1.92. The van der Waals surface area contributed by atoms with Gasteiger partial charge in [-0.25, -0.2) is 4.98 Å². The van der Waals surface area contributed by atoms with E-state index >= 15 is 0 Å². The molecule has 0 aromatic carbocycles. The minimum Gasteiger partial charge on any atom is -0.268 e. The minimum absolute atomic E-state index is 0.114. The Kier molecular flexibility index (Phi) is 2.83. The van der Waals surface area contributed by atoms with Crippen LogP contribution in [-0.4, -0.2) is 14.8 Å². The first-order valence-electron chi connectivity index (χ1n) is 4.66. The molecule has 2 heterocycles. The van der Waals surface area contributed by atoms with E-state index in [4.69, 9.17) is 0 Å². The summed E-state index contributed by atoms with van der Waals surface area (Å²) in [5, 5.41) is 3.37. The summed E-state index contributed by atoms with van der Waals surface area (Å²) in [5.41, 5.74) is -0.379. The molecule has 0 amide bonds. The second-order valence-corrected chi connectivity index (χ2v) is 3.39. The van der Waals surface area contributed by atoms with Gasteiger partial charge in [0.2, 0.25) is 5.95 Å². The molecule has 0 fully saturated rings. The number of hydrogen-bond acceptors (Lipinski definition) is 2. The van der Waals surface area contributed by atoms with Crippen LogP contribution < -0.4 is 0 Å². The summed E-state index contributed by atoms with van der Waals surface area (Å²) in [6.45, 7) is 0.114. The summed E-state index contributed by atoms with van der Waals surface area (Å²) in [5.74, 6) is -0.634. The van der Waals surface area contributed by atoms with Crippen molar-refractivity contribution in [3.8, 4) is 0 Å². The lowest BCUT2D eigenvalue weighted by atomic mass is 10.3. The summed E-state index contributed by atoms with van der Waals surface area (Å²) >= 11 is 0. The van der Waals surface area contributed by atoms with Gasteiger partial charge in [0.25, 0.3) is 0 Å². The molecule has 17 heavy (non-hydrogen) atoms. The molecule has 3 nitrogen and oxygen atoms in total. The molecule has 0 unspecified atom stereocenters. The Morgan fingerprint density at radius 3 is 2.47 bits per heavy atom. The van der Waals surface area contributed by atoms with Gasteiger partial charge in [0.05, 0.1) is 6.54 Å². The highest BCUT2D eigenvalue weighted by Crippen LogP contribution is 2.27. The van der Waals surface area contributed by atoms with Gasteiger partial charge in [-0.1, -0.05) is 6.07 Å². The zero-order valence-electron chi connectivity index (χ0n) is 8.45. The predicted molar refractivity (Wildman–Crippen MR) is 50.5 cm³/mol. The van der Waals surface area contributed by atoms with E-state index < -0.39 is 17.8 Å². The van der Waals surface area contributed by atoms with Crippen molar-refractivity contribution in [1.82, 2.24) is 14.8 Å². The van der Waals surface area contributed by atoms with Crippen LogP contribution in [0.4, 0.5) is 17.6 Å². The molecule has 0 aliphatic heterocycles. The molecule has 2 aromatic heterocycles. The number of halogens is 4. The van der Waals surface area contributed by atoms with Crippen molar-refractivity contribution in [1.29, 1.82) is 0 Å². The number of rotatable bonds is 2. The molecule has 0 aliphatic carbocycles. The number of aromatic nitrogens is 3. The van der Waals surface area contributed by atoms with E-state index in [1.165, 1.54) is 18.5 Å². The lowest BCUT2D eigenvalue weighted by Gasteiger charge is -2.02. The maximum Gasteiger partial charge on any atom is 0.435 e. The third-order valence-corrected chi connectivity index (χ3v) is 2.06. The largest absolute Gasteiger partial charge is 0.435 e. The summed E-state index contributed by atoms with van der Waals surface area (Å²) in [4.78, 5) is 3.40. The maximum absolute atomic E-state index is 12.5. The molecule has 0 saturated heterocycles. The molecule has 0 bridgehead atoms. The molecule has 2 rings (SSSR count). The molecule has 2 aromatic rings. The molecule has 0 atom stereocenters. The van der Waals surface area contributed by atoms with E-state index in [0.29, 0.717) is 5.56 Å². The van der Waals surface area contributed by atoms with Gasteiger partial charge >= 0.3 is 6.18 Å². The maximum atomic E-state index is 12.5. The normalized spacial score (nSPS) is 11.8. The van der Waals surface area contributed by atoms with Crippen molar-refractivity contribution in [2.75, 3.05) is 0 Å². The monoisotopic (exact) mass is 245 g/mol. The molecular formula is C10H7F4N3. The quantitative estimate of drug-likeness (QED) is 0.601. The summed E-state index contributed by atoms with van der Waals surface area (Å²) in [6, 6.07) is 3.47. The Balaban J connectivity index is 2.14. The summed E-state index contributed by atoms with van der Waals surface area (Å²) < 4.78 is 50.4. The zero-order chi connectivity index (χ0) is 12.5. The Labute approximate surface area is 93.7 Å². The first-order valence-corrected chi connectivity index (χ1v) is 4.66. The predicted octanol–water partition coefficient (Wildman–Crippen LogP) is 2.48. The van der Waals surface area contributed by atoms with Crippen LogP contribution in [0, 0.1) is 5.95 Å². The molecule has 0 N–H and O–H groups in total. The van der Waals surface area contributed by atoms with Gasteiger partial charge in [0.15, 0.2) is 5.69 Å². The lowest BCUT2D eigenvalue weighted by molar-refractivity contribution is -0.141. The highest BCUT2D eigenvalue weighted by Gasteiger charge is 2.33. The van der Waals surface area contributed by atoms with E-state index in [2.05, 4.69) is 10.1 Å². The van der Waals surface area contributed by atoms with E-state index in [1.54, 1.807) is 0 Å². The van der Waals surface area contributed by atoms with Crippen LogP contribution in [-0.2, 0) is 12.7 Å². The van der Waals surface area contributed by atoms with Gasteiger partial charge in [-0.3, -0.25) is 4.68 Å². The van der Waals surface area contributed by atoms with E-state index in [9.17, 15) is 17.6 Å². The average Bonchev–Trinajstić information content (AvgIpc) is 2.69. The molecule has 0 saturated carbocycles. The van der Waals surface area contributed by atoms with Crippen molar-refractivity contribution in [2.24, 2.45) is 0 Å². The molecule has 0 aliphatic rings. The molecule has 90 valence electrons. The van der Waals surface area contributed by atoms with Crippen LogP contribution in [0.1, 0.15) is 11.3 Å². The number of pyridine rings is 1. The second kappa shape index (κ2) is 4.15. The van der Waals surface area contributed by atoms with Crippen molar-refractivity contribution in [3.63, 3.8) is 0 Å². The van der Waals surface area contributed by atoms with Crippen LogP contribution in [0.5, 0.6) is 0 Å². The highest BCUT2D eigenvalue weighted by atomic mass is 19.4. The lowest BCUT2D eigenvalue weighted by Crippen LogP contribution is -2.08. The fourth-order valence-electron chi connectivity index (χ4n) is 1.29. The van der Waals surface area contributed by atoms with Crippen LogP contribution in [0.3, 0.4) is 0 Å². The van der Waals surface area contributed by atoms with E-state index in [0.717, 1.165) is 16.8 Å². The van der Waals surface area contributed by atoms with E-state index in [-0.39, 0.29) is 6.54 Å². The summed E-state index contributed by atoms with van der Waals surface area (Å²) in [7, 11) is 0. The molecule has 0 spiro atoms. The minimum atomic E-state index is -4.45. The molecule has 7 heteroatoms. The van der Waals surface area contributed by atoms with Crippen molar-refractivity contribution in [3.05, 3.63) is 47.8 Å². The van der Waals surface area contributed by atoms with Crippen molar-refractivity contribution in [2.45, 2.75) is 12.7 Å². The third kappa shape index (κ3) is 2.80. The van der Waals surface area contributed by atoms with Crippen molar-refractivity contribution >= 4 is 0 Å². The van der Waals surface area contributed by atoms with Gasteiger partial charge in [0, 0.05) is 12.4 Å². The fraction of sp³-hybridized carbons (Fsp3) is 0.200. The summed E-state index contributed by atoms with van der Waals surface area (Å²) in [6.07, 6.45) is -1.98. The number of nitrogens with zero attached hydrogens (tertiary/aromatic N) is 3. The van der Waals surface area contributed by atoms with E-state index in [1.807, 2.05) is 0 Å². The number of hydrogen-bond donors (Lipinski definition) is 0. The Morgan fingerprint density at radius 2 is 1.94 bits per heavy atom. The third-order valence-electron chi connectivity index (χ3n) is 2.06. The first kappa shape index (κ1) is 11.6. The van der Waals surface area contributed by atoms with Gasteiger partial charge in [0.1, 0.15) is 0 Å². The Bertz CT molecular complexity index is 501. The van der Waals surface area contributed by atoms with Gasteiger partial charge in [-0.05, 0) is 17.7 Å². The van der Waals surface area contributed by atoms with Crippen LogP contribution >= 0.6 is 0 Å². The number of alkyl halides is 3.